The summed E-state index contributed by atoms with van der Waals surface area (Å²) in [6, 6.07) is 11.1. The lowest BCUT2D eigenvalue weighted by molar-refractivity contribution is -0.130. The molecule has 132 valence electrons. The van der Waals surface area contributed by atoms with E-state index in [9.17, 15) is 4.79 Å². The number of H-pyrrole nitrogens is 1. The Labute approximate surface area is 149 Å². The zero-order chi connectivity index (χ0) is 17.4. The lowest BCUT2D eigenvalue weighted by atomic mass is 9.81. The molecule has 2 saturated heterocycles. The molecule has 0 radical (unpaired) electrons. The van der Waals surface area contributed by atoms with Crippen LogP contribution in [0.4, 0.5) is 0 Å². The fourth-order valence-electron chi connectivity index (χ4n) is 4.64. The molecule has 3 heterocycles. The highest BCUT2D eigenvalue weighted by atomic mass is 16.2. The average Bonchev–Trinajstić information content (AvgIpc) is 3.19. The van der Waals surface area contributed by atoms with E-state index in [1.807, 2.05) is 6.20 Å². The number of hydrogen-bond donors (Lipinski definition) is 1. The molecule has 0 spiro atoms. The monoisotopic (exact) mass is 338 g/mol. The molecule has 1 aromatic carbocycles. The van der Waals surface area contributed by atoms with Gasteiger partial charge in [0.05, 0.1) is 6.20 Å². The molecular weight excluding hydrogens is 312 g/mol. The van der Waals surface area contributed by atoms with Crippen LogP contribution in [0, 0.1) is 12.8 Å². The van der Waals surface area contributed by atoms with E-state index in [-0.39, 0.29) is 5.91 Å². The third kappa shape index (κ3) is 3.09. The second kappa shape index (κ2) is 6.64. The van der Waals surface area contributed by atoms with Gasteiger partial charge in [0.2, 0.25) is 5.91 Å². The summed E-state index contributed by atoms with van der Waals surface area (Å²) < 4.78 is 0. The van der Waals surface area contributed by atoms with Crippen molar-refractivity contribution >= 4 is 5.91 Å². The van der Waals surface area contributed by atoms with Crippen LogP contribution in [0.2, 0.25) is 0 Å². The minimum absolute atomic E-state index is 0.215. The molecule has 1 aromatic heterocycles. The number of hydrogen-bond acceptors (Lipinski definition) is 3. The van der Waals surface area contributed by atoms with Gasteiger partial charge in [-0.2, -0.15) is 5.10 Å². The molecule has 0 unspecified atom stereocenters. The largest absolute Gasteiger partial charge is 0.339 e. The van der Waals surface area contributed by atoms with Gasteiger partial charge in [0.15, 0.2) is 0 Å². The first-order valence-corrected chi connectivity index (χ1v) is 9.17. The molecule has 3 atom stereocenters. The van der Waals surface area contributed by atoms with E-state index >= 15 is 0 Å². The van der Waals surface area contributed by atoms with E-state index in [4.69, 9.17) is 0 Å². The van der Waals surface area contributed by atoms with Crippen molar-refractivity contribution in [2.24, 2.45) is 5.92 Å². The number of nitrogens with zero attached hydrogens (tertiary/aromatic N) is 3. The van der Waals surface area contributed by atoms with E-state index in [1.54, 1.807) is 6.92 Å². The fourth-order valence-corrected chi connectivity index (χ4v) is 4.64. The number of carbonyl (C=O) groups excluding carboxylic acids is 1. The minimum Gasteiger partial charge on any atom is -0.339 e. The van der Waals surface area contributed by atoms with Crippen LogP contribution in [0.5, 0.6) is 0 Å². The number of fused-ring (bicyclic) bond motifs is 1. The lowest BCUT2D eigenvalue weighted by Gasteiger charge is -2.38. The van der Waals surface area contributed by atoms with Gasteiger partial charge in [0, 0.05) is 62.2 Å². The first-order chi connectivity index (χ1) is 12.1. The summed E-state index contributed by atoms with van der Waals surface area (Å²) in [4.78, 5) is 16.8. The molecule has 5 nitrogen and oxygen atoms in total. The number of nitrogens with one attached hydrogen (secondary N) is 1. The molecule has 0 aliphatic carbocycles. The Morgan fingerprint density at radius 2 is 2.08 bits per heavy atom. The highest BCUT2D eigenvalue weighted by molar-refractivity contribution is 5.74. The Balaban J connectivity index is 1.56. The third-order valence-electron chi connectivity index (χ3n) is 5.98. The predicted molar refractivity (Wildman–Crippen MR) is 97.1 cm³/mol. The van der Waals surface area contributed by atoms with Gasteiger partial charge >= 0.3 is 0 Å². The third-order valence-corrected chi connectivity index (χ3v) is 5.98. The molecule has 0 saturated carbocycles. The molecule has 2 fully saturated rings. The Bertz CT molecular complexity index is 741. The van der Waals surface area contributed by atoms with Gasteiger partial charge in [-0.3, -0.25) is 14.8 Å². The molecule has 2 aliphatic heterocycles. The van der Waals surface area contributed by atoms with Crippen molar-refractivity contribution in [2.45, 2.75) is 38.8 Å². The summed E-state index contributed by atoms with van der Waals surface area (Å²) >= 11 is 0. The molecule has 25 heavy (non-hydrogen) atoms. The van der Waals surface area contributed by atoms with Crippen LogP contribution in [0.1, 0.15) is 36.1 Å². The standard InChI is InChI=1S/C20H26N4O/c1-14-17(10-21-22-14)11-23-9-8-20-19(12-23)18(13-24(20)15(2)25)16-6-4-3-5-7-16/h3-7,10,18-20H,8-9,11-13H2,1-2H3,(H,21,22)/t18-,19-,20-/m1/s1. The van der Waals surface area contributed by atoms with Crippen molar-refractivity contribution in [3.8, 4) is 0 Å². The summed E-state index contributed by atoms with van der Waals surface area (Å²) in [7, 11) is 0. The second-order valence-electron chi connectivity index (χ2n) is 7.46. The Morgan fingerprint density at radius 1 is 1.28 bits per heavy atom. The quantitative estimate of drug-likeness (QED) is 0.936. The first kappa shape index (κ1) is 16.3. The summed E-state index contributed by atoms with van der Waals surface area (Å²) in [5.74, 6) is 1.16. The average molecular weight is 338 g/mol. The number of piperidine rings is 1. The maximum absolute atomic E-state index is 12.2. The van der Waals surface area contributed by atoms with Crippen LogP contribution < -0.4 is 0 Å². The first-order valence-electron chi connectivity index (χ1n) is 9.17. The minimum atomic E-state index is 0.215. The summed E-state index contributed by atoms with van der Waals surface area (Å²) in [6.45, 7) is 7.66. The number of carbonyl (C=O) groups is 1. The van der Waals surface area contributed by atoms with Crippen molar-refractivity contribution in [1.29, 1.82) is 0 Å². The number of aryl methyl sites for hydroxylation is 1. The maximum atomic E-state index is 12.2. The number of likely N-dealkylation sites (tertiary alicyclic amines) is 2. The van der Waals surface area contributed by atoms with E-state index in [2.05, 4.69) is 57.3 Å². The van der Waals surface area contributed by atoms with Crippen molar-refractivity contribution in [2.75, 3.05) is 19.6 Å². The van der Waals surface area contributed by atoms with Gasteiger partial charge in [0.1, 0.15) is 0 Å². The molecular formula is C20H26N4O. The van der Waals surface area contributed by atoms with Gasteiger partial charge in [-0.1, -0.05) is 30.3 Å². The van der Waals surface area contributed by atoms with Gasteiger partial charge in [-0.15, -0.1) is 0 Å². The summed E-state index contributed by atoms with van der Waals surface area (Å²) in [5, 5.41) is 7.18. The van der Waals surface area contributed by atoms with E-state index in [1.165, 1.54) is 11.1 Å². The molecule has 1 N–H and O–H groups in total. The van der Waals surface area contributed by atoms with Gasteiger partial charge < -0.3 is 4.90 Å². The van der Waals surface area contributed by atoms with Crippen LogP contribution in [0.25, 0.3) is 0 Å². The van der Waals surface area contributed by atoms with E-state index < -0.39 is 0 Å². The highest BCUT2D eigenvalue weighted by Crippen LogP contribution is 2.41. The van der Waals surface area contributed by atoms with E-state index in [0.29, 0.717) is 17.9 Å². The van der Waals surface area contributed by atoms with Crippen LogP contribution >= 0.6 is 0 Å². The number of rotatable bonds is 3. The van der Waals surface area contributed by atoms with Crippen LogP contribution in [-0.2, 0) is 11.3 Å². The van der Waals surface area contributed by atoms with Gasteiger partial charge in [0.25, 0.3) is 0 Å². The van der Waals surface area contributed by atoms with Crippen molar-refractivity contribution in [3.63, 3.8) is 0 Å². The predicted octanol–water partition coefficient (Wildman–Crippen LogP) is 2.55. The molecule has 1 amide bonds. The molecule has 4 rings (SSSR count). The smallest absolute Gasteiger partial charge is 0.219 e. The SMILES string of the molecule is CC(=O)N1C[C@H](c2ccccc2)[C@H]2CN(Cc3cn[nH]c3C)CC[C@H]21. The fraction of sp³-hybridized carbons (Fsp3) is 0.500. The zero-order valence-corrected chi connectivity index (χ0v) is 15.0. The van der Waals surface area contributed by atoms with Crippen LogP contribution in [-0.4, -0.2) is 51.6 Å². The van der Waals surface area contributed by atoms with Gasteiger partial charge in [-0.25, -0.2) is 0 Å². The molecule has 2 aliphatic rings. The Kier molecular flexibility index (Phi) is 4.34. The van der Waals surface area contributed by atoms with Crippen LogP contribution in [0.15, 0.2) is 36.5 Å². The second-order valence-corrected chi connectivity index (χ2v) is 7.46. The molecule has 2 aromatic rings. The van der Waals surface area contributed by atoms with Crippen molar-refractivity contribution in [1.82, 2.24) is 20.0 Å². The Hall–Kier alpha value is -2.14. The van der Waals surface area contributed by atoms with Crippen LogP contribution in [0.3, 0.4) is 0 Å². The normalized spacial score (nSPS) is 26.6. The summed E-state index contributed by atoms with van der Waals surface area (Å²) in [6.07, 6.45) is 3.00. The number of aromatic amines is 1. The topological polar surface area (TPSA) is 52.2 Å². The Morgan fingerprint density at radius 3 is 2.76 bits per heavy atom. The lowest BCUT2D eigenvalue weighted by Crippen LogP contribution is -2.47. The van der Waals surface area contributed by atoms with Gasteiger partial charge in [-0.05, 0) is 18.9 Å². The zero-order valence-electron chi connectivity index (χ0n) is 15.0. The maximum Gasteiger partial charge on any atom is 0.219 e. The van der Waals surface area contributed by atoms with Crippen molar-refractivity contribution < 1.29 is 4.79 Å². The molecule has 5 heteroatoms. The molecule has 0 bridgehead atoms. The number of amides is 1. The van der Waals surface area contributed by atoms with E-state index in [0.717, 1.165) is 38.3 Å². The number of aromatic nitrogens is 2. The highest BCUT2D eigenvalue weighted by Gasteiger charge is 2.46. The van der Waals surface area contributed by atoms with Crippen molar-refractivity contribution in [3.05, 3.63) is 53.3 Å². The number of benzene rings is 1. The summed E-state index contributed by atoms with van der Waals surface area (Å²) in [5.41, 5.74) is 3.79.